The second-order valence-electron chi connectivity index (χ2n) is 4.56. The molecule has 0 heterocycles. The van der Waals surface area contributed by atoms with E-state index in [0.29, 0.717) is 0 Å². The van der Waals surface area contributed by atoms with Crippen LogP contribution in [0.25, 0.3) is 0 Å². The molecule has 1 rings (SSSR count). The summed E-state index contributed by atoms with van der Waals surface area (Å²) in [5, 5.41) is 3.43. The van der Waals surface area contributed by atoms with Gasteiger partial charge in [-0.2, -0.15) is 0 Å². The highest BCUT2D eigenvalue weighted by Gasteiger charge is 2.11. The van der Waals surface area contributed by atoms with Crippen LogP contribution in [0.5, 0.6) is 0 Å². The summed E-state index contributed by atoms with van der Waals surface area (Å²) < 4.78 is 13.4. The summed E-state index contributed by atoms with van der Waals surface area (Å²) in [6, 6.07) is 5.35. The van der Waals surface area contributed by atoms with Crippen molar-refractivity contribution in [3.8, 4) is 0 Å². The van der Waals surface area contributed by atoms with Crippen molar-refractivity contribution in [2.24, 2.45) is 0 Å². The molecular formula is C15H24FNS. The molecule has 0 saturated carbocycles. The zero-order chi connectivity index (χ0) is 13.4. The van der Waals surface area contributed by atoms with Gasteiger partial charge in [0, 0.05) is 10.9 Å². The quantitative estimate of drug-likeness (QED) is 0.538. The molecule has 1 unspecified atom stereocenters. The van der Waals surface area contributed by atoms with E-state index in [-0.39, 0.29) is 11.9 Å². The Balaban J connectivity index is 2.75. The van der Waals surface area contributed by atoms with Crippen LogP contribution in [0.2, 0.25) is 0 Å². The van der Waals surface area contributed by atoms with Gasteiger partial charge >= 0.3 is 0 Å². The Morgan fingerprint density at radius 3 is 2.72 bits per heavy atom. The van der Waals surface area contributed by atoms with Gasteiger partial charge < -0.3 is 5.32 Å². The molecule has 0 aliphatic heterocycles. The van der Waals surface area contributed by atoms with Gasteiger partial charge in [-0.1, -0.05) is 20.3 Å². The van der Waals surface area contributed by atoms with E-state index in [1.165, 1.54) is 17.7 Å². The van der Waals surface area contributed by atoms with E-state index in [2.05, 4.69) is 26.1 Å². The average molecular weight is 269 g/mol. The fraction of sp³-hybridized carbons (Fsp3) is 0.600. The number of thioether (sulfide) groups is 1. The van der Waals surface area contributed by atoms with Gasteiger partial charge in [0.2, 0.25) is 0 Å². The summed E-state index contributed by atoms with van der Waals surface area (Å²) in [4.78, 5) is 1.21. The Bertz CT molecular complexity index is 354. The smallest absolute Gasteiger partial charge is 0.123 e. The van der Waals surface area contributed by atoms with E-state index in [1.807, 2.05) is 17.8 Å². The largest absolute Gasteiger partial charge is 0.310 e. The number of hydrogen-bond acceptors (Lipinski definition) is 2. The van der Waals surface area contributed by atoms with E-state index < -0.39 is 0 Å². The van der Waals surface area contributed by atoms with Crippen molar-refractivity contribution in [2.75, 3.05) is 12.3 Å². The minimum absolute atomic E-state index is 0.144. The lowest BCUT2D eigenvalue weighted by molar-refractivity contribution is 0.554. The van der Waals surface area contributed by atoms with Crippen molar-refractivity contribution in [3.63, 3.8) is 0 Å². The number of benzene rings is 1. The first-order valence-electron chi connectivity index (χ1n) is 6.84. The monoisotopic (exact) mass is 269 g/mol. The van der Waals surface area contributed by atoms with Crippen molar-refractivity contribution in [2.45, 2.75) is 51.0 Å². The molecule has 1 nitrogen and oxygen atoms in total. The third-order valence-corrected chi connectivity index (χ3v) is 4.07. The first kappa shape index (κ1) is 15.5. The molecular weight excluding hydrogens is 245 g/mol. The predicted molar refractivity (Wildman–Crippen MR) is 78.7 cm³/mol. The van der Waals surface area contributed by atoms with Gasteiger partial charge in [-0.25, -0.2) is 4.39 Å². The van der Waals surface area contributed by atoms with E-state index in [9.17, 15) is 4.39 Å². The minimum atomic E-state index is -0.144. The first-order valence-corrected chi connectivity index (χ1v) is 7.83. The highest BCUT2D eigenvalue weighted by molar-refractivity contribution is 7.99. The van der Waals surface area contributed by atoms with E-state index in [0.717, 1.165) is 24.3 Å². The van der Waals surface area contributed by atoms with Crippen LogP contribution < -0.4 is 5.32 Å². The van der Waals surface area contributed by atoms with Crippen LogP contribution >= 0.6 is 11.8 Å². The summed E-state index contributed by atoms with van der Waals surface area (Å²) in [7, 11) is 0. The van der Waals surface area contributed by atoms with E-state index >= 15 is 0 Å². The maximum absolute atomic E-state index is 13.4. The molecule has 0 saturated heterocycles. The lowest BCUT2D eigenvalue weighted by atomic mass is 10.1. The Morgan fingerprint density at radius 1 is 1.28 bits per heavy atom. The van der Waals surface area contributed by atoms with Crippen molar-refractivity contribution < 1.29 is 4.39 Å². The van der Waals surface area contributed by atoms with Gasteiger partial charge in [-0.05, 0) is 55.8 Å². The molecule has 0 aliphatic carbocycles. The molecule has 0 spiro atoms. The number of unbranched alkanes of at least 4 members (excludes halogenated alkanes) is 1. The topological polar surface area (TPSA) is 12.0 Å². The van der Waals surface area contributed by atoms with Crippen LogP contribution in [-0.4, -0.2) is 12.3 Å². The zero-order valence-electron chi connectivity index (χ0n) is 11.6. The van der Waals surface area contributed by atoms with Gasteiger partial charge in [-0.15, -0.1) is 11.8 Å². The average Bonchev–Trinajstić information content (AvgIpc) is 2.38. The summed E-state index contributed by atoms with van der Waals surface area (Å²) >= 11 is 1.84. The van der Waals surface area contributed by atoms with E-state index in [4.69, 9.17) is 0 Å². The Labute approximate surface area is 115 Å². The molecule has 3 heteroatoms. The lowest BCUT2D eigenvalue weighted by Crippen LogP contribution is -2.20. The molecule has 0 bridgehead atoms. The van der Waals surface area contributed by atoms with Crippen LogP contribution in [0.3, 0.4) is 0 Å². The van der Waals surface area contributed by atoms with Gasteiger partial charge in [0.25, 0.3) is 0 Å². The molecule has 0 aromatic heterocycles. The molecule has 0 fully saturated rings. The maximum Gasteiger partial charge on any atom is 0.123 e. The minimum Gasteiger partial charge on any atom is -0.310 e. The Morgan fingerprint density at radius 2 is 2.06 bits per heavy atom. The second kappa shape index (κ2) is 8.54. The lowest BCUT2D eigenvalue weighted by Gasteiger charge is -2.17. The Kier molecular flexibility index (Phi) is 7.36. The molecule has 1 aromatic carbocycles. The standard InChI is InChI=1S/C15H24FNS/c1-4-6-10-18-15-8-7-13(16)11-14(15)12(3)17-9-5-2/h7-8,11-12,17H,4-6,9-10H2,1-3H3. The van der Waals surface area contributed by atoms with E-state index in [1.54, 1.807) is 12.1 Å². The van der Waals surface area contributed by atoms with Crippen molar-refractivity contribution in [3.05, 3.63) is 29.6 Å². The van der Waals surface area contributed by atoms with Crippen LogP contribution in [0.4, 0.5) is 4.39 Å². The summed E-state index contributed by atoms with van der Waals surface area (Å²) in [5.41, 5.74) is 1.09. The van der Waals surface area contributed by atoms with Gasteiger partial charge in [0.15, 0.2) is 0 Å². The third kappa shape index (κ3) is 4.99. The molecule has 1 N–H and O–H groups in total. The van der Waals surface area contributed by atoms with Crippen molar-refractivity contribution in [1.29, 1.82) is 0 Å². The Hall–Kier alpha value is -0.540. The highest BCUT2D eigenvalue weighted by Crippen LogP contribution is 2.29. The number of rotatable bonds is 8. The van der Waals surface area contributed by atoms with Crippen LogP contribution in [0, 0.1) is 5.82 Å². The third-order valence-electron chi connectivity index (χ3n) is 2.89. The SMILES string of the molecule is CCCCSc1ccc(F)cc1C(C)NCCC. The fourth-order valence-electron chi connectivity index (χ4n) is 1.79. The van der Waals surface area contributed by atoms with Gasteiger partial charge in [-0.3, -0.25) is 0 Å². The maximum atomic E-state index is 13.4. The molecule has 1 aromatic rings. The molecule has 0 amide bonds. The number of nitrogens with one attached hydrogen (secondary N) is 1. The molecule has 18 heavy (non-hydrogen) atoms. The molecule has 102 valence electrons. The summed E-state index contributed by atoms with van der Waals surface area (Å²) in [6.45, 7) is 7.41. The number of hydrogen-bond donors (Lipinski definition) is 1. The summed E-state index contributed by atoms with van der Waals surface area (Å²) in [5.74, 6) is 0.963. The zero-order valence-corrected chi connectivity index (χ0v) is 12.4. The van der Waals surface area contributed by atoms with Crippen LogP contribution in [-0.2, 0) is 0 Å². The fourth-order valence-corrected chi connectivity index (χ4v) is 3.01. The molecule has 1 atom stereocenters. The predicted octanol–water partition coefficient (Wildman–Crippen LogP) is 4.78. The van der Waals surface area contributed by atoms with Crippen LogP contribution in [0.1, 0.15) is 51.6 Å². The van der Waals surface area contributed by atoms with Gasteiger partial charge in [0.05, 0.1) is 0 Å². The number of halogens is 1. The highest BCUT2D eigenvalue weighted by atomic mass is 32.2. The van der Waals surface area contributed by atoms with Gasteiger partial charge in [0.1, 0.15) is 5.82 Å². The van der Waals surface area contributed by atoms with Crippen molar-refractivity contribution in [1.82, 2.24) is 5.32 Å². The second-order valence-corrected chi connectivity index (χ2v) is 5.70. The van der Waals surface area contributed by atoms with Crippen LogP contribution in [0.15, 0.2) is 23.1 Å². The molecule has 0 radical (unpaired) electrons. The molecule has 0 aliphatic rings. The normalized spacial score (nSPS) is 12.7. The summed E-state index contributed by atoms with van der Waals surface area (Å²) in [6.07, 6.45) is 3.50. The first-order chi connectivity index (χ1) is 8.69. The van der Waals surface area contributed by atoms with Crippen molar-refractivity contribution >= 4 is 11.8 Å².